The molecule has 1 heterocycles. The first-order valence-corrected chi connectivity index (χ1v) is 8.18. The highest BCUT2D eigenvalue weighted by Gasteiger charge is 2.18. The van der Waals surface area contributed by atoms with Crippen molar-refractivity contribution < 1.29 is 9.21 Å². The summed E-state index contributed by atoms with van der Waals surface area (Å²) in [5, 5.41) is 11.1. The number of nitrogens with one attached hydrogen (secondary N) is 1. The fraction of sp³-hybridized carbons (Fsp3) is 0.438. The van der Waals surface area contributed by atoms with Crippen LogP contribution in [0.25, 0.3) is 11.5 Å². The third-order valence-corrected chi connectivity index (χ3v) is 3.97. The maximum atomic E-state index is 11.9. The number of hydrogen-bond acceptors (Lipinski definition) is 5. The van der Waals surface area contributed by atoms with Crippen molar-refractivity contribution in [2.24, 2.45) is 5.92 Å². The fourth-order valence-corrected chi connectivity index (χ4v) is 2.43. The number of carbonyl (C=O) groups is 1. The molecule has 1 atom stereocenters. The number of amides is 1. The van der Waals surface area contributed by atoms with Gasteiger partial charge in [-0.2, -0.15) is 0 Å². The number of aromatic nitrogens is 2. The van der Waals surface area contributed by atoms with Gasteiger partial charge in [0.1, 0.15) is 0 Å². The van der Waals surface area contributed by atoms with Gasteiger partial charge in [0.05, 0.1) is 5.25 Å². The van der Waals surface area contributed by atoms with E-state index in [1.807, 2.05) is 38.1 Å². The molecule has 0 aliphatic rings. The average molecular weight is 319 g/mol. The lowest BCUT2D eigenvalue weighted by Crippen LogP contribution is -2.33. The van der Waals surface area contributed by atoms with E-state index in [2.05, 4.69) is 29.4 Å². The number of thioether (sulfide) groups is 1. The van der Waals surface area contributed by atoms with Crippen LogP contribution in [0.2, 0.25) is 0 Å². The summed E-state index contributed by atoms with van der Waals surface area (Å²) in [6.45, 7) is 8.64. The molecule has 0 radical (unpaired) electrons. The summed E-state index contributed by atoms with van der Waals surface area (Å²) < 4.78 is 5.62. The Morgan fingerprint density at radius 1 is 1.23 bits per heavy atom. The van der Waals surface area contributed by atoms with E-state index in [0.29, 0.717) is 23.6 Å². The van der Waals surface area contributed by atoms with Crippen molar-refractivity contribution in [2.75, 3.05) is 6.54 Å². The van der Waals surface area contributed by atoms with Gasteiger partial charge in [-0.05, 0) is 31.9 Å². The van der Waals surface area contributed by atoms with E-state index in [1.165, 1.54) is 17.3 Å². The summed E-state index contributed by atoms with van der Waals surface area (Å²) in [6, 6.07) is 7.87. The van der Waals surface area contributed by atoms with Gasteiger partial charge in [-0.3, -0.25) is 4.79 Å². The molecular weight excluding hydrogens is 298 g/mol. The van der Waals surface area contributed by atoms with Gasteiger partial charge in [-0.25, -0.2) is 0 Å². The smallest absolute Gasteiger partial charge is 0.277 e. The van der Waals surface area contributed by atoms with Crippen LogP contribution in [-0.2, 0) is 4.79 Å². The molecule has 5 nitrogen and oxygen atoms in total. The molecule has 22 heavy (non-hydrogen) atoms. The topological polar surface area (TPSA) is 68.0 Å². The summed E-state index contributed by atoms with van der Waals surface area (Å²) in [7, 11) is 0. The Bertz CT molecular complexity index is 623. The van der Waals surface area contributed by atoms with Crippen molar-refractivity contribution in [3.63, 3.8) is 0 Å². The largest absolute Gasteiger partial charge is 0.411 e. The molecule has 0 fully saturated rings. The van der Waals surface area contributed by atoms with Crippen molar-refractivity contribution in [3.05, 3.63) is 29.8 Å². The number of rotatable bonds is 6. The zero-order chi connectivity index (χ0) is 16.1. The van der Waals surface area contributed by atoms with Crippen molar-refractivity contribution in [1.29, 1.82) is 0 Å². The highest BCUT2D eigenvalue weighted by atomic mass is 32.2. The van der Waals surface area contributed by atoms with Crippen LogP contribution in [0.5, 0.6) is 0 Å². The van der Waals surface area contributed by atoms with E-state index < -0.39 is 0 Å². The zero-order valence-corrected chi connectivity index (χ0v) is 14.1. The normalized spacial score (nSPS) is 12.4. The summed E-state index contributed by atoms with van der Waals surface area (Å²) in [6.07, 6.45) is 0. The maximum absolute atomic E-state index is 11.9. The molecule has 0 saturated heterocycles. The van der Waals surface area contributed by atoms with Gasteiger partial charge in [-0.1, -0.05) is 43.3 Å². The standard InChI is InChI=1S/C16H21N3O2S/c1-10(2)9-17-14(20)12(4)22-16-19-18-15(21-16)13-7-5-11(3)6-8-13/h5-8,10,12H,9H2,1-4H3,(H,17,20). The third kappa shape index (κ3) is 4.59. The van der Waals surface area contributed by atoms with Gasteiger partial charge in [0.15, 0.2) is 0 Å². The average Bonchev–Trinajstić information content (AvgIpc) is 2.93. The number of hydrogen-bond donors (Lipinski definition) is 1. The Labute approximate surface area is 134 Å². The summed E-state index contributed by atoms with van der Waals surface area (Å²) in [4.78, 5) is 11.9. The molecule has 0 aliphatic carbocycles. The van der Waals surface area contributed by atoms with Crippen LogP contribution in [0.15, 0.2) is 33.9 Å². The van der Waals surface area contributed by atoms with Crippen LogP contribution >= 0.6 is 11.8 Å². The van der Waals surface area contributed by atoms with E-state index in [0.717, 1.165) is 5.56 Å². The molecule has 6 heteroatoms. The molecular formula is C16H21N3O2S. The Morgan fingerprint density at radius 2 is 1.91 bits per heavy atom. The molecule has 1 aromatic carbocycles. The lowest BCUT2D eigenvalue weighted by atomic mass is 10.1. The number of aryl methyl sites for hydroxylation is 1. The number of carbonyl (C=O) groups excluding carboxylic acids is 1. The number of nitrogens with zero attached hydrogens (tertiary/aromatic N) is 2. The van der Waals surface area contributed by atoms with Crippen LogP contribution in [0.3, 0.4) is 0 Å². The molecule has 1 amide bonds. The van der Waals surface area contributed by atoms with E-state index in [-0.39, 0.29) is 11.2 Å². The monoisotopic (exact) mass is 319 g/mol. The molecule has 1 N–H and O–H groups in total. The van der Waals surface area contributed by atoms with Gasteiger partial charge in [0, 0.05) is 12.1 Å². The molecule has 0 aliphatic heterocycles. The van der Waals surface area contributed by atoms with Crippen LogP contribution < -0.4 is 5.32 Å². The van der Waals surface area contributed by atoms with Crippen molar-refractivity contribution in [1.82, 2.24) is 15.5 Å². The second-order valence-electron chi connectivity index (χ2n) is 5.64. The minimum Gasteiger partial charge on any atom is -0.411 e. The van der Waals surface area contributed by atoms with Crippen LogP contribution in [0, 0.1) is 12.8 Å². The number of benzene rings is 1. The molecule has 118 valence electrons. The minimum absolute atomic E-state index is 0.0196. The van der Waals surface area contributed by atoms with E-state index in [1.54, 1.807) is 0 Å². The van der Waals surface area contributed by atoms with Gasteiger partial charge < -0.3 is 9.73 Å². The first kappa shape index (κ1) is 16.5. The van der Waals surface area contributed by atoms with Crippen molar-refractivity contribution in [2.45, 2.75) is 38.2 Å². The lowest BCUT2D eigenvalue weighted by molar-refractivity contribution is -0.120. The predicted molar refractivity (Wildman–Crippen MR) is 87.6 cm³/mol. The molecule has 0 bridgehead atoms. The van der Waals surface area contributed by atoms with Gasteiger partial charge in [0.2, 0.25) is 11.8 Å². The molecule has 0 saturated carbocycles. The summed E-state index contributed by atoms with van der Waals surface area (Å²) in [5.74, 6) is 0.878. The zero-order valence-electron chi connectivity index (χ0n) is 13.3. The first-order valence-electron chi connectivity index (χ1n) is 7.30. The fourth-order valence-electron chi connectivity index (χ4n) is 1.72. The van der Waals surface area contributed by atoms with Crippen molar-refractivity contribution in [3.8, 4) is 11.5 Å². The van der Waals surface area contributed by atoms with E-state index in [4.69, 9.17) is 4.42 Å². The SMILES string of the molecule is Cc1ccc(-c2nnc(SC(C)C(=O)NCC(C)C)o2)cc1. The minimum atomic E-state index is -0.273. The molecule has 2 aromatic rings. The molecule has 1 aromatic heterocycles. The molecule has 1 unspecified atom stereocenters. The Hall–Kier alpha value is -1.82. The predicted octanol–water partition coefficient (Wildman–Crippen LogP) is 3.30. The van der Waals surface area contributed by atoms with Gasteiger partial charge >= 0.3 is 0 Å². The summed E-state index contributed by atoms with van der Waals surface area (Å²) in [5.41, 5.74) is 2.05. The quantitative estimate of drug-likeness (QED) is 0.827. The van der Waals surface area contributed by atoms with Crippen LogP contribution in [0.4, 0.5) is 0 Å². The maximum Gasteiger partial charge on any atom is 0.277 e. The third-order valence-electron chi connectivity index (χ3n) is 3.04. The van der Waals surface area contributed by atoms with E-state index in [9.17, 15) is 4.79 Å². The highest BCUT2D eigenvalue weighted by molar-refractivity contribution is 8.00. The first-order chi connectivity index (χ1) is 10.5. The Morgan fingerprint density at radius 3 is 2.55 bits per heavy atom. The Kier molecular flexibility index (Phi) is 5.60. The second-order valence-corrected chi connectivity index (χ2v) is 6.93. The molecule has 0 spiro atoms. The highest BCUT2D eigenvalue weighted by Crippen LogP contribution is 2.26. The Balaban J connectivity index is 1.96. The van der Waals surface area contributed by atoms with Gasteiger partial charge in [0.25, 0.3) is 5.22 Å². The molecule has 2 rings (SSSR count). The van der Waals surface area contributed by atoms with Crippen molar-refractivity contribution >= 4 is 17.7 Å². The van der Waals surface area contributed by atoms with E-state index >= 15 is 0 Å². The van der Waals surface area contributed by atoms with Crippen LogP contribution in [-0.4, -0.2) is 27.9 Å². The van der Waals surface area contributed by atoms with Crippen LogP contribution in [0.1, 0.15) is 26.3 Å². The lowest BCUT2D eigenvalue weighted by Gasteiger charge is -2.11. The second kappa shape index (κ2) is 7.45. The summed E-state index contributed by atoms with van der Waals surface area (Å²) >= 11 is 1.27. The van der Waals surface area contributed by atoms with Gasteiger partial charge in [-0.15, -0.1) is 10.2 Å².